The van der Waals surface area contributed by atoms with Gasteiger partial charge in [-0.15, -0.1) is 0 Å². The Morgan fingerprint density at radius 2 is 2.22 bits per heavy atom. The van der Waals surface area contributed by atoms with Gasteiger partial charge in [0.2, 0.25) is 0 Å². The molecule has 4 heteroatoms. The number of nitrogens with two attached hydrogens (primary N) is 1. The summed E-state index contributed by atoms with van der Waals surface area (Å²) >= 11 is 10.6. The fraction of sp³-hybridized carbons (Fsp3) is 0.400. The van der Waals surface area contributed by atoms with Crippen LogP contribution in [0.4, 0.5) is 0 Å². The fourth-order valence-electron chi connectivity index (χ4n) is 0.262. The third-order valence-electron chi connectivity index (χ3n) is 0.839. The van der Waals surface area contributed by atoms with Gasteiger partial charge >= 0.3 is 0 Å². The number of carbonyl (C=O) groups is 1. The van der Waals surface area contributed by atoms with Crippen LogP contribution in [0.5, 0.6) is 0 Å². The molecule has 2 nitrogen and oxygen atoms in total. The van der Waals surface area contributed by atoms with Gasteiger partial charge < -0.3 is 5.73 Å². The first kappa shape index (κ1) is 8.95. The van der Waals surface area contributed by atoms with Gasteiger partial charge in [0.15, 0.2) is 5.78 Å². The monoisotopic (exact) mass is 167 g/mol. The van der Waals surface area contributed by atoms with Crippen LogP contribution in [0.1, 0.15) is 6.92 Å². The number of Topliss-reactive ketones (excluding diaryl/α,β-unsaturated/α-hetero) is 1. The van der Waals surface area contributed by atoms with Crippen LogP contribution < -0.4 is 5.73 Å². The number of hydrogen-bond acceptors (Lipinski definition) is 2. The average Bonchev–Trinajstić information content (AvgIpc) is 1.84. The molecule has 0 aliphatic rings. The van der Waals surface area contributed by atoms with E-state index in [1.54, 1.807) is 0 Å². The Morgan fingerprint density at radius 1 is 1.78 bits per heavy atom. The molecular formula is C5H7Cl2NO. The van der Waals surface area contributed by atoms with Crippen molar-refractivity contribution in [2.75, 3.05) is 0 Å². The minimum absolute atomic E-state index is 0.171. The van der Waals surface area contributed by atoms with Gasteiger partial charge in [0.25, 0.3) is 0 Å². The molecule has 1 atom stereocenters. The van der Waals surface area contributed by atoms with Crippen LogP contribution in [0.3, 0.4) is 0 Å². The summed E-state index contributed by atoms with van der Waals surface area (Å²) in [6.07, 6.45) is 0. The third-order valence-corrected chi connectivity index (χ3v) is 1.53. The molecule has 0 fully saturated rings. The number of halogens is 2. The molecule has 0 saturated heterocycles. The molecule has 0 saturated carbocycles. The molecule has 0 aliphatic carbocycles. The Kier molecular flexibility index (Phi) is 3.86. The second-order valence-electron chi connectivity index (χ2n) is 1.58. The normalized spacial score (nSPS) is 15.3. The van der Waals surface area contributed by atoms with Gasteiger partial charge in [-0.25, -0.2) is 0 Å². The van der Waals surface area contributed by atoms with Gasteiger partial charge in [0.05, 0.1) is 5.03 Å². The van der Waals surface area contributed by atoms with E-state index in [1.807, 2.05) is 0 Å². The van der Waals surface area contributed by atoms with E-state index >= 15 is 0 Å². The average molecular weight is 168 g/mol. The summed E-state index contributed by atoms with van der Waals surface area (Å²) in [6, 6.07) is -0.760. The molecule has 9 heavy (non-hydrogen) atoms. The minimum atomic E-state index is -0.760. The predicted molar refractivity (Wildman–Crippen MR) is 38.4 cm³/mol. The molecule has 0 rings (SSSR count). The summed E-state index contributed by atoms with van der Waals surface area (Å²) in [5.41, 5.74) is 6.33. The van der Waals surface area contributed by atoms with Crippen LogP contribution in [-0.4, -0.2) is 11.8 Å². The Balaban J connectivity index is 4.04. The van der Waals surface area contributed by atoms with E-state index in [-0.39, 0.29) is 10.8 Å². The Hall–Kier alpha value is -0.0500. The summed E-state index contributed by atoms with van der Waals surface area (Å²) < 4.78 is 0. The Labute approximate surface area is 63.6 Å². The highest BCUT2D eigenvalue weighted by molar-refractivity contribution is 6.38. The first-order valence-electron chi connectivity index (χ1n) is 2.31. The van der Waals surface area contributed by atoms with Crippen molar-refractivity contribution in [2.24, 2.45) is 5.73 Å². The van der Waals surface area contributed by atoms with Crippen LogP contribution in [0.2, 0.25) is 0 Å². The van der Waals surface area contributed by atoms with Gasteiger partial charge in [-0.2, -0.15) is 0 Å². The SMILES string of the molecule is CC(=O)C(N)C(Cl)=CCl. The lowest BCUT2D eigenvalue weighted by Gasteiger charge is -2.02. The van der Waals surface area contributed by atoms with E-state index < -0.39 is 6.04 Å². The molecule has 0 aromatic carbocycles. The molecule has 0 aliphatic heterocycles. The highest BCUT2D eigenvalue weighted by Crippen LogP contribution is 2.07. The van der Waals surface area contributed by atoms with Crippen LogP contribution in [0, 0.1) is 0 Å². The highest BCUT2D eigenvalue weighted by Gasteiger charge is 2.10. The number of carbonyl (C=O) groups excluding carboxylic acids is 1. The van der Waals surface area contributed by atoms with Gasteiger partial charge in [-0.05, 0) is 6.92 Å². The summed E-state index contributed by atoms with van der Waals surface area (Å²) in [4.78, 5) is 10.4. The molecule has 0 spiro atoms. The third kappa shape index (κ3) is 2.84. The predicted octanol–water partition coefficient (Wildman–Crippen LogP) is 1.22. The molecule has 0 bridgehead atoms. The van der Waals surface area contributed by atoms with Crippen molar-refractivity contribution in [3.8, 4) is 0 Å². The number of rotatable bonds is 2. The zero-order valence-electron chi connectivity index (χ0n) is 4.90. The fourth-order valence-corrected chi connectivity index (χ4v) is 0.551. The summed E-state index contributed by atoms with van der Waals surface area (Å²) in [6.45, 7) is 1.35. The molecule has 0 aromatic heterocycles. The first-order valence-corrected chi connectivity index (χ1v) is 3.13. The zero-order valence-corrected chi connectivity index (χ0v) is 6.41. The van der Waals surface area contributed by atoms with Gasteiger partial charge in [0, 0.05) is 5.54 Å². The van der Waals surface area contributed by atoms with E-state index in [0.717, 1.165) is 5.54 Å². The molecule has 0 amide bonds. The molecule has 1 unspecified atom stereocenters. The molecule has 2 N–H and O–H groups in total. The van der Waals surface area contributed by atoms with E-state index in [9.17, 15) is 4.79 Å². The van der Waals surface area contributed by atoms with E-state index in [2.05, 4.69) is 0 Å². The maximum absolute atomic E-state index is 10.4. The Morgan fingerprint density at radius 3 is 2.33 bits per heavy atom. The Bertz CT molecular complexity index is 144. The van der Waals surface area contributed by atoms with Gasteiger partial charge in [0.1, 0.15) is 6.04 Å². The van der Waals surface area contributed by atoms with Crippen LogP contribution in [-0.2, 0) is 4.79 Å². The molecule has 0 radical (unpaired) electrons. The van der Waals surface area contributed by atoms with Crippen molar-refractivity contribution in [3.05, 3.63) is 10.6 Å². The van der Waals surface area contributed by atoms with Crippen molar-refractivity contribution in [1.82, 2.24) is 0 Å². The number of hydrogen-bond donors (Lipinski definition) is 1. The van der Waals surface area contributed by atoms with Crippen molar-refractivity contribution in [1.29, 1.82) is 0 Å². The minimum Gasteiger partial charge on any atom is -0.317 e. The maximum Gasteiger partial charge on any atom is 0.151 e. The smallest absolute Gasteiger partial charge is 0.151 e. The summed E-state index contributed by atoms with van der Waals surface area (Å²) in [7, 11) is 0. The number of ketones is 1. The lowest BCUT2D eigenvalue weighted by Crippen LogP contribution is -2.28. The lowest BCUT2D eigenvalue weighted by atomic mass is 10.2. The molecular weight excluding hydrogens is 161 g/mol. The first-order chi connectivity index (χ1) is 4.09. The standard InChI is InChI=1S/C5H7Cl2NO/c1-3(9)5(8)4(7)2-6/h2,5H,8H2,1H3. The van der Waals surface area contributed by atoms with Gasteiger partial charge in [-0.3, -0.25) is 4.79 Å². The van der Waals surface area contributed by atoms with Crippen molar-refractivity contribution in [3.63, 3.8) is 0 Å². The second-order valence-corrected chi connectivity index (χ2v) is 2.24. The van der Waals surface area contributed by atoms with Crippen molar-refractivity contribution in [2.45, 2.75) is 13.0 Å². The molecule has 0 aromatic rings. The van der Waals surface area contributed by atoms with Crippen LogP contribution in [0.25, 0.3) is 0 Å². The quantitative estimate of drug-likeness (QED) is 0.673. The lowest BCUT2D eigenvalue weighted by molar-refractivity contribution is -0.117. The molecule has 0 heterocycles. The van der Waals surface area contributed by atoms with Crippen LogP contribution in [0.15, 0.2) is 10.6 Å². The van der Waals surface area contributed by atoms with Crippen molar-refractivity contribution < 1.29 is 4.79 Å². The van der Waals surface area contributed by atoms with E-state index in [4.69, 9.17) is 28.9 Å². The molecule has 52 valence electrons. The van der Waals surface area contributed by atoms with Crippen LogP contribution >= 0.6 is 23.2 Å². The summed E-state index contributed by atoms with van der Waals surface area (Å²) in [5, 5.41) is 0.171. The van der Waals surface area contributed by atoms with Crippen molar-refractivity contribution >= 4 is 29.0 Å². The maximum atomic E-state index is 10.4. The van der Waals surface area contributed by atoms with E-state index in [1.165, 1.54) is 6.92 Å². The highest BCUT2D eigenvalue weighted by atomic mass is 35.5. The largest absolute Gasteiger partial charge is 0.317 e. The summed E-state index contributed by atoms with van der Waals surface area (Å²) in [5.74, 6) is -0.197. The topological polar surface area (TPSA) is 43.1 Å². The zero-order chi connectivity index (χ0) is 7.44. The van der Waals surface area contributed by atoms with E-state index in [0.29, 0.717) is 0 Å². The second kappa shape index (κ2) is 3.88. The van der Waals surface area contributed by atoms with Gasteiger partial charge in [-0.1, -0.05) is 23.2 Å².